The molecule has 1 aromatic carbocycles. The Morgan fingerprint density at radius 2 is 1.91 bits per heavy atom. The van der Waals surface area contributed by atoms with Gasteiger partial charge in [-0.15, -0.1) is 0 Å². The van der Waals surface area contributed by atoms with Crippen LogP contribution in [0.3, 0.4) is 0 Å². The molecule has 0 N–H and O–H groups in total. The summed E-state index contributed by atoms with van der Waals surface area (Å²) in [6.45, 7) is 3.70. The molecule has 0 saturated carbocycles. The molecule has 0 heterocycles. The first kappa shape index (κ1) is 18.5. The molecule has 6 nitrogen and oxygen atoms in total. The van der Waals surface area contributed by atoms with Crippen molar-refractivity contribution in [2.75, 3.05) is 13.7 Å². The Morgan fingerprint density at radius 3 is 2.52 bits per heavy atom. The van der Waals surface area contributed by atoms with E-state index in [4.69, 9.17) is 4.74 Å². The average Bonchev–Trinajstić information content (AvgIpc) is 2.55. The van der Waals surface area contributed by atoms with Crippen molar-refractivity contribution >= 4 is 29.6 Å². The van der Waals surface area contributed by atoms with E-state index in [2.05, 4.69) is 9.73 Å². The highest BCUT2D eigenvalue weighted by Crippen LogP contribution is 2.20. The number of carbonyl (C=O) groups excluding carboxylic acids is 3. The third kappa shape index (κ3) is 5.32. The molecule has 0 aromatic heterocycles. The fourth-order valence-electron chi connectivity index (χ4n) is 1.93. The summed E-state index contributed by atoms with van der Waals surface area (Å²) in [4.78, 5) is 39.8. The van der Waals surface area contributed by atoms with Gasteiger partial charge in [-0.05, 0) is 25.5 Å². The number of para-hydroxylation sites is 1. The van der Waals surface area contributed by atoms with Crippen molar-refractivity contribution in [3.05, 3.63) is 29.8 Å². The fourth-order valence-corrected chi connectivity index (χ4v) is 1.93. The van der Waals surface area contributed by atoms with Gasteiger partial charge < -0.3 is 9.47 Å². The van der Waals surface area contributed by atoms with Crippen LogP contribution in [0.15, 0.2) is 29.3 Å². The summed E-state index contributed by atoms with van der Waals surface area (Å²) in [5, 5.41) is 0. The number of ketones is 1. The lowest BCUT2D eigenvalue weighted by atomic mass is 10.0. The number of hydrogen-bond donors (Lipinski definition) is 0. The van der Waals surface area contributed by atoms with Crippen LogP contribution in [0.4, 0.5) is 5.69 Å². The number of ether oxygens (including phenoxy) is 2. The minimum atomic E-state index is -1.07. The maximum absolute atomic E-state index is 12.1. The summed E-state index contributed by atoms with van der Waals surface area (Å²) in [5.74, 6) is -2.50. The third-order valence-corrected chi connectivity index (χ3v) is 3.06. The van der Waals surface area contributed by atoms with E-state index in [1.807, 2.05) is 6.92 Å². The van der Waals surface area contributed by atoms with Gasteiger partial charge >= 0.3 is 11.9 Å². The molecule has 1 atom stereocenters. The SMILES string of the molecule is CCCC(=O)C(C=Nc1ccccc1C(=O)OC)C(=O)OCC. The molecule has 1 rings (SSSR count). The molecule has 0 spiro atoms. The van der Waals surface area contributed by atoms with Crippen LogP contribution >= 0.6 is 0 Å². The van der Waals surface area contributed by atoms with E-state index in [1.165, 1.54) is 13.3 Å². The summed E-state index contributed by atoms with van der Waals surface area (Å²) in [7, 11) is 1.27. The molecule has 124 valence electrons. The Kier molecular flexibility index (Phi) is 7.66. The zero-order valence-corrected chi connectivity index (χ0v) is 13.6. The minimum absolute atomic E-state index is 0.182. The number of hydrogen-bond acceptors (Lipinski definition) is 6. The Hall–Kier alpha value is -2.50. The van der Waals surface area contributed by atoms with E-state index in [-0.39, 0.29) is 24.4 Å². The van der Waals surface area contributed by atoms with Crippen molar-refractivity contribution in [3.63, 3.8) is 0 Å². The Bertz CT molecular complexity index is 576. The van der Waals surface area contributed by atoms with Crippen molar-refractivity contribution in [2.45, 2.75) is 26.7 Å². The van der Waals surface area contributed by atoms with Gasteiger partial charge in [-0.1, -0.05) is 19.1 Å². The van der Waals surface area contributed by atoms with Crippen LogP contribution in [0.2, 0.25) is 0 Å². The van der Waals surface area contributed by atoms with Gasteiger partial charge in [0.25, 0.3) is 0 Å². The zero-order valence-electron chi connectivity index (χ0n) is 13.6. The van der Waals surface area contributed by atoms with E-state index >= 15 is 0 Å². The number of esters is 2. The van der Waals surface area contributed by atoms with Gasteiger partial charge in [0.15, 0.2) is 11.7 Å². The molecular weight excluding hydrogens is 298 g/mol. The fraction of sp³-hybridized carbons (Fsp3) is 0.412. The Balaban J connectivity index is 3.08. The highest BCUT2D eigenvalue weighted by Gasteiger charge is 2.25. The van der Waals surface area contributed by atoms with Crippen LogP contribution in [-0.2, 0) is 19.1 Å². The second kappa shape index (κ2) is 9.50. The summed E-state index contributed by atoms with van der Waals surface area (Å²) in [6, 6.07) is 6.55. The van der Waals surface area contributed by atoms with E-state index in [0.29, 0.717) is 12.1 Å². The predicted octanol–water partition coefficient (Wildman–Crippen LogP) is 2.72. The molecule has 6 heteroatoms. The van der Waals surface area contributed by atoms with E-state index in [1.54, 1.807) is 31.2 Å². The standard InChI is InChI=1S/C17H21NO5/c1-4-8-15(19)13(17(21)23-5-2)11-18-14-10-7-6-9-12(14)16(20)22-3/h6-7,9-11,13H,4-5,8H2,1-3H3. The number of Topliss-reactive ketones (excluding diaryl/α,β-unsaturated/α-hetero) is 1. The lowest BCUT2D eigenvalue weighted by Crippen LogP contribution is -2.27. The van der Waals surface area contributed by atoms with E-state index < -0.39 is 17.9 Å². The maximum Gasteiger partial charge on any atom is 0.340 e. The third-order valence-electron chi connectivity index (χ3n) is 3.06. The van der Waals surface area contributed by atoms with Gasteiger partial charge in [-0.3, -0.25) is 14.6 Å². The molecule has 0 radical (unpaired) electrons. The van der Waals surface area contributed by atoms with Crippen LogP contribution in [0, 0.1) is 5.92 Å². The summed E-state index contributed by atoms with van der Waals surface area (Å²) >= 11 is 0. The lowest BCUT2D eigenvalue weighted by Gasteiger charge is -2.10. The van der Waals surface area contributed by atoms with Crippen molar-refractivity contribution in [1.29, 1.82) is 0 Å². The molecule has 0 saturated heterocycles. The van der Waals surface area contributed by atoms with Crippen molar-refractivity contribution < 1.29 is 23.9 Å². The summed E-state index contributed by atoms with van der Waals surface area (Å²) in [6.07, 6.45) is 2.12. The van der Waals surface area contributed by atoms with Gasteiger partial charge in [0.05, 0.1) is 25.0 Å². The Morgan fingerprint density at radius 1 is 1.22 bits per heavy atom. The number of benzene rings is 1. The average molecular weight is 319 g/mol. The molecule has 1 aromatic rings. The first-order valence-electron chi connectivity index (χ1n) is 7.46. The first-order valence-corrected chi connectivity index (χ1v) is 7.46. The molecule has 23 heavy (non-hydrogen) atoms. The van der Waals surface area contributed by atoms with Crippen LogP contribution in [0.25, 0.3) is 0 Å². The van der Waals surface area contributed by atoms with Crippen LogP contribution in [0.5, 0.6) is 0 Å². The van der Waals surface area contributed by atoms with Crippen LogP contribution in [0.1, 0.15) is 37.0 Å². The van der Waals surface area contributed by atoms with Gasteiger partial charge in [0.2, 0.25) is 0 Å². The summed E-state index contributed by atoms with van der Waals surface area (Å²) < 4.78 is 9.60. The molecule has 1 unspecified atom stereocenters. The minimum Gasteiger partial charge on any atom is -0.465 e. The summed E-state index contributed by atoms with van der Waals surface area (Å²) in [5.41, 5.74) is 0.592. The van der Waals surface area contributed by atoms with Crippen LogP contribution < -0.4 is 0 Å². The number of carbonyl (C=O) groups is 3. The maximum atomic E-state index is 12.1. The van der Waals surface area contributed by atoms with Gasteiger partial charge in [-0.25, -0.2) is 4.79 Å². The van der Waals surface area contributed by atoms with E-state index in [9.17, 15) is 14.4 Å². The monoisotopic (exact) mass is 319 g/mol. The molecule has 0 aliphatic carbocycles. The normalized spacial score (nSPS) is 12.0. The number of nitrogens with zero attached hydrogens (tertiary/aromatic N) is 1. The van der Waals surface area contributed by atoms with E-state index in [0.717, 1.165) is 0 Å². The van der Waals surface area contributed by atoms with Crippen molar-refractivity contribution in [3.8, 4) is 0 Å². The lowest BCUT2D eigenvalue weighted by molar-refractivity contribution is -0.148. The number of methoxy groups -OCH3 is 1. The zero-order chi connectivity index (χ0) is 17.2. The highest BCUT2D eigenvalue weighted by molar-refractivity contribution is 6.12. The molecule has 0 aliphatic heterocycles. The van der Waals surface area contributed by atoms with Crippen LogP contribution in [-0.4, -0.2) is 37.7 Å². The second-order valence-corrected chi connectivity index (χ2v) is 4.73. The number of aliphatic imine (C=N–C) groups is 1. The molecular formula is C17H21NO5. The first-order chi connectivity index (χ1) is 11.0. The quantitative estimate of drug-likeness (QED) is 0.418. The molecule has 0 amide bonds. The predicted molar refractivity (Wildman–Crippen MR) is 86.0 cm³/mol. The number of rotatable bonds is 8. The molecule has 0 fully saturated rings. The highest BCUT2D eigenvalue weighted by atomic mass is 16.5. The van der Waals surface area contributed by atoms with Gasteiger partial charge in [0.1, 0.15) is 0 Å². The second-order valence-electron chi connectivity index (χ2n) is 4.73. The smallest absolute Gasteiger partial charge is 0.340 e. The van der Waals surface area contributed by atoms with Gasteiger partial charge in [-0.2, -0.15) is 0 Å². The van der Waals surface area contributed by atoms with Gasteiger partial charge in [0, 0.05) is 12.6 Å². The molecule has 0 aliphatic rings. The Labute approximate surface area is 135 Å². The molecule has 0 bridgehead atoms. The van der Waals surface area contributed by atoms with Crippen molar-refractivity contribution in [1.82, 2.24) is 0 Å². The topological polar surface area (TPSA) is 82.0 Å². The van der Waals surface area contributed by atoms with Crippen molar-refractivity contribution in [2.24, 2.45) is 10.9 Å². The largest absolute Gasteiger partial charge is 0.465 e.